The molecule has 2 rings (SSSR count). The Labute approximate surface area is 169 Å². The first-order valence-corrected chi connectivity index (χ1v) is 12.5. The van der Waals surface area contributed by atoms with Crippen LogP contribution in [-0.4, -0.2) is 24.7 Å². The maximum atomic E-state index is 12.9. The molecular weight excluding hydrogens is 376 g/mol. The summed E-state index contributed by atoms with van der Waals surface area (Å²) in [5, 5.41) is 5.88. The SMILES string of the molecule is CCn1nc(CCO[Si](C(C)C)(C(C)C)C(C)C)c(=O)c2ccc(Cl)cc21. The average molecular weight is 409 g/mol. The van der Waals surface area contributed by atoms with Gasteiger partial charge in [-0.3, -0.25) is 9.48 Å². The van der Waals surface area contributed by atoms with Crippen LogP contribution in [0.15, 0.2) is 23.0 Å². The highest BCUT2D eigenvalue weighted by Crippen LogP contribution is 2.42. The molecule has 0 saturated carbocycles. The Morgan fingerprint density at radius 2 is 1.70 bits per heavy atom. The van der Waals surface area contributed by atoms with E-state index < -0.39 is 8.32 Å². The Morgan fingerprint density at radius 1 is 1.11 bits per heavy atom. The molecule has 0 fully saturated rings. The minimum absolute atomic E-state index is 0.0131. The zero-order valence-corrected chi connectivity index (χ0v) is 19.4. The van der Waals surface area contributed by atoms with Crippen LogP contribution in [0.5, 0.6) is 0 Å². The summed E-state index contributed by atoms with van der Waals surface area (Å²) in [6.07, 6.45) is 0.540. The maximum absolute atomic E-state index is 12.9. The van der Waals surface area contributed by atoms with Gasteiger partial charge in [0.2, 0.25) is 5.43 Å². The molecule has 0 bridgehead atoms. The predicted octanol–water partition coefficient (Wildman–Crippen LogP) is 5.80. The molecule has 0 saturated heterocycles. The second kappa shape index (κ2) is 8.89. The van der Waals surface area contributed by atoms with Crippen LogP contribution in [0, 0.1) is 0 Å². The molecule has 1 aromatic heterocycles. The zero-order chi connectivity index (χ0) is 20.4. The van der Waals surface area contributed by atoms with Crippen molar-refractivity contribution in [3.63, 3.8) is 0 Å². The number of halogens is 1. The van der Waals surface area contributed by atoms with Gasteiger partial charge in [0, 0.05) is 30.0 Å². The van der Waals surface area contributed by atoms with Crippen molar-refractivity contribution in [1.82, 2.24) is 9.78 Å². The van der Waals surface area contributed by atoms with Gasteiger partial charge in [-0.05, 0) is 41.7 Å². The smallest absolute Gasteiger partial charge is 0.211 e. The molecule has 2 aromatic rings. The summed E-state index contributed by atoms with van der Waals surface area (Å²) in [6.45, 7) is 16.9. The number of aryl methyl sites for hydroxylation is 1. The van der Waals surface area contributed by atoms with E-state index in [0.29, 0.717) is 52.3 Å². The highest BCUT2D eigenvalue weighted by Gasteiger charge is 2.44. The lowest BCUT2D eigenvalue weighted by molar-refractivity contribution is 0.279. The van der Waals surface area contributed by atoms with E-state index in [1.165, 1.54) is 0 Å². The number of aromatic nitrogens is 2. The normalized spacial score (nSPS) is 12.7. The number of hydrogen-bond donors (Lipinski definition) is 0. The maximum Gasteiger partial charge on any atom is 0.211 e. The Kier molecular flexibility index (Phi) is 7.28. The van der Waals surface area contributed by atoms with Crippen molar-refractivity contribution in [3.05, 3.63) is 39.1 Å². The second-order valence-electron chi connectivity index (χ2n) is 8.17. The molecule has 4 nitrogen and oxygen atoms in total. The Balaban J connectivity index is 2.33. The molecular formula is C21H33ClN2O2Si. The molecule has 27 heavy (non-hydrogen) atoms. The highest BCUT2D eigenvalue weighted by atomic mass is 35.5. The van der Waals surface area contributed by atoms with Crippen LogP contribution >= 0.6 is 11.6 Å². The van der Waals surface area contributed by atoms with Gasteiger partial charge in [0.05, 0.1) is 5.52 Å². The molecule has 150 valence electrons. The summed E-state index contributed by atoms with van der Waals surface area (Å²) < 4.78 is 8.46. The van der Waals surface area contributed by atoms with Gasteiger partial charge in [-0.25, -0.2) is 0 Å². The van der Waals surface area contributed by atoms with E-state index in [1.54, 1.807) is 12.1 Å². The van der Waals surface area contributed by atoms with Gasteiger partial charge in [-0.15, -0.1) is 0 Å². The fourth-order valence-corrected chi connectivity index (χ4v) is 10.2. The molecule has 6 heteroatoms. The summed E-state index contributed by atoms with van der Waals surface area (Å²) in [4.78, 5) is 12.9. The van der Waals surface area contributed by atoms with E-state index in [2.05, 4.69) is 46.6 Å². The van der Waals surface area contributed by atoms with Crippen LogP contribution in [-0.2, 0) is 17.4 Å². The second-order valence-corrected chi connectivity index (χ2v) is 14.1. The summed E-state index contributed by atoms with van der Waals surface area (Å²) in [5.41, 5.74) is 2.92. The molecule has 1 aromatic carbocycles. The molecule has 0 unspecified atom stereocenters. The largest absolute Gasteiger partial charge is 0.416 e. The molecule has 0 aliphatic rings. The third-order valence-electron chi connectivity index (χ3n) is 5.68. The van der Waals surface area contributed by atoms with Crippen molar-refractivity contribution >= 4 is 30.8 Å². The Hall–Kier alpha value is -1.17. The molecule has 0 aliphatic heterocycles. The first-order valence-electron chi connectivity index (χ1n) is 9.98. The van der Waals surface area contributed by atoms with Gasteiger partial charge < -0.3 is 4.43 Å². The first kappa shape index (κ1) is 22.1. The van der Waals surface area contributed by atoms with E-state index in [4.69, 9.17) is 16.0 Å². The van der Waals surface area contributed by atoms with Gasteiger partial charge in [-0.2, -0.15) is 5.10 Å². The molecule has 0 spiro atoms. The predicted molar refractivity (Wildman–Crippen MR) is 117 cm³/mol. The minimum Gasteiger partial charge on any atom is -0.416 e. The topological polar surface area (TPSA) is 44.1 Å². The van der Waals surface area contributed by atoms with Gasteiger partial charge in [0.1, 0.15) is 5.69 Å². The molecule has 1 heterocycles. The fraction of sp³-hybridized carbons (Fsp3) is 0.619. The lowest BCUT2D eigenvalue weighted by atomic mass is 10.1. The van der Waals surface area contributed by atoms with Gasteiger partial charge >= 0.3 is 0 Å². The minimum atomic E-state index is -1.94. The fourth-order valence-electron chi connectivity index (χ4n) is 4.54. The Morgan fingerprint density at radius 3 is 2.22 bits per heavy atom. The van der Waals surface area contributed by atoms with Crippen molar-refractivity contribution < 1.29 is 4.43 Å². The summed E-state index contributed by atoms with van der Waals surface area (Å²) in [5.74, 6) is 0. The van der Waals surface area contributed by atoms with Crippen molar-refractivity contribution in [2.45, 2.75) is 78.1 Å². The van der Waals surface area contributed by atoms with Crippen molar-refractivity contribution in [3.8, 4) is 0 Å². The third kappa shape index (κ3) is 4.30. The lowest BCUT2D eigenvalue weighted by Crippen LogP contribution is -2.48. The monoisotopic (exact) mass is 408 g/mol. The number of nitrogens with zero attached hydrogens (tertiary/aromatic N) is 2. The van der Waals surface area contributed by atoms with E-state index >= 15 is 0 Å². The van der Waals surface area contributed by atoms with Crippen LogP contribution in [0.4, 0.5) is 0 Å². The van der Waals surface area contributed by atoms with E-state index in [0.717, 1.165) is 5.52 Å². The summed E-state index contributed by atoms with van der Waals surface area (Å²) in [7, 11) is -1.94. The molecule has 0 aliphatic carbocycles. The van der Waals surface area contributed by atoms with Crippen molar-refractivity contribution in [2.24, 2.45) is 0 Å². The summed E-state index contributed by atoms with van der Waals surface area (Å²) >= 11 is 6.10. The third-order valence-corrected chi connectivity index (χ3v) is 12.0. The van der Waals surface area contributed by atoms with Crippen molar-refractivity contribution in [1.29, 1.82) is 0 Å². The lowest BCUT2D eigenvalue weighted by Gasteiger charge is -2.42. The van der Waals surface area contributed by atoms with Crippen molar-refractivity contribution in [2.75, 3.05) is 6.61 Å². The molecule has 0 N–H and O–H groups in total. The zero-order valence-electron chi connectivity index (χ0n) is 17.7. The highest BCUT2D eigenvalue weighted by molar-refractivity contribution is 6.77. The molecule has 0 radical (unpaired) electrons. The van der Waals surface area contributed by atoms with Crippen LogP contribution in [0.1, 0.15) is 54.2 Å². The number of benzene rings is 1. The van der Waals surface area contributed by atoms with Gasteiger partial charge in [-0.1, -0.05) is 53.1 Å². The van der Waals surface area contributed by atoms with Gasteiger partial charge in [0.25, 0.3) is 0 Å². The molecule has 0 atom stereocenters. The van der Waals surface area contributed by atoms with Crippen LogP contribution in [0.25, 0.3) is 10.9 Å². The molecule has 0 amide bonds. The Bertz CT molecular complexity index is 824. The standard InChI is InChI=1S/C21H33ClN2O2Si/c1-8-24-20-13-17(22)9-10-18(20)21(25)19(23-24)11-12-26-27(14(2)3,15(4)5)16(6)7/h9-10,13-16H,8,11-12H2,1-7H3. The van der Waals surface area contributed by atoms with E-state index in [1.807, 2.05) is 17.7 Å². The number of hydrogen-bond acceptors (Lipinski definition) is 3. The average Bonchev–Trinajstić information content (AvgIpc) is 2.59. The van der Waals surface area contributed by atoms with E-state index in [-0.39, 0.29) is 5.43 Å². The van der Waals surface area contributed by atoms with Gasteiger partial charge in [0.15, 0.2) is 8.32 Å². The van der Waals surface area contributed by atoms with Crippen LogP contribution in [0.3, 0.4) is 0 Å². The van der Waals surface area contributed by atoms with Crippen LogP contribution in [0.2, 0.25) is 21.6 Å². The van der Waals surface area contributed by atoms with Crippen LogP contribution < -0.4 is 5.43 Å². The number of rotatable bonds is 8. The number of fused-ring (bicyclic) bond motifs is 1. The van der Waals surface area contributed by atoms with E-state index in [9.17, 15) is 4.79 Å². The first-order chi connectivity index (χ1) is 12.6. The quantitative estimate of drug-likeness (QED) is 0.518. The summed E-state index contributed by atoms with van der Waals surface area (Å²) in [6, 6.07) is 5.37.